The van der Waals surface area contributed by atoms with E-state index in [9.17, 15) is 0 Å². The van der Waals surface area contributed by atoms with Crippen molar-refractivity contribution in [3.8, 4) is 0 Å². The predicted molar refractivity (Wildman–Crippen MR) is 51.2 cm³/mol. The van der Waals surface area contributed by atoms with Gasteiger partial charge in [-0.3, -0.25) is 0 Å². The highest BCUT2D eigenvalue weighted by molar-refractivity contribution is 6.30. The molecule has 0 radical (unpaired) electrons. The highest BCUT2D eigenvalue weighted by Gasteiger charge is 2.04. The number of hydrogen-bond acceptors (Lipinski definition) is 2. The molecule has 3 heteroatoms. The monoisotopic (exact) mass is 184 g/mol. The minimum absolute atomic E-state index is 0.187. The summed E-state index contributed by atoms with van der Waals surface area (Å²) in [6.45, 7) is 2.06. The fraction of sp³-hybridized carbons (Fsp3) is 0.444. The second-order valence-corrected chi connectivity index (χ2v) is 3.18. The molecule has 1 unspecified atom stereocenters. The van der Waals surface area contributed by atoms with E-state index in [4.69, 9.17) is 17.3 Å². The fourth-order valence-electron chi connectivity index (χ4n) is 0.998. The average Bonchev–Trinajstić information content (AvgIpc) is 2.09. The number of rotatable bonds is 3. The molecule has 0 aliphatic heterocycles. The molecule has 0 saturated carbocycles. The summed E-state index contributed by atoms with van der Waals surface area (Å²) in [5, 5.41) is 0.571. The average molecular weight is 185 g/mol. The third-order valence-electron chi connectivity index (χ3n) is 1.84. The van der Waals surface area contributed by atoms with E-state index in [2.05, 4.69) is 11.9 Å². The quantitative estimate of drug-likeness (QED) is 0.730. The van der Waals surface area contributed by atoms with E-state index in [1.807, 2.05) is 12.1 Å². The number of pyridine rings is 1. The lowest BCUT2D eigenvalue weighted by atomic mass is 10.1. The van der Waals surface area contributed by atoms with Gasteiger partial charge in [0.2, 0.25) is 0 Å². The Bertz CT molecular complexity index is 250. The van der Waals surface area contributed by atoms with E-state index in [0.717, 1.165) is 18.4 Å². The molecule has 0 amide bonds. The molecular weight excluding hydrogens is 172 g/mol. The summed E-state index contributed by atoms with van der Waals surface area (Å²) in [7, 11) is 0. The number of nitrogens with zero attached hydrogens (tertiary/aromatic N) is 1. The van der Waals surface area contributed by atoms with Crippen LogP contribution in [0.1, 0.15) is 18.9 Å². The van der Waals surface area contributed by atoms with Crippen LogP contribution >= 0.6 is 11.6 Å². The Balaban J connectivity index is 2.69. The number of halogens is 1. The van der Waals surface area contributed by atoms with Gasteiger partial charge in [-0.05, 0) is 24.5 Å². The predicted octanol–water partition coefficient (Wildman–Crippen LogP) is 2.01. The lowest BCUT2D eigenvalue weighted by molar-refractivity contribution is 0.645. The Labute approximate surface area is 77.8 Å². The number of hydrogen-bond donors (Lipinski definition) is 1. The summed E-state index contributed by atoms with van der Waals surface area (Å²) in [6, 6.07) is 4.03. The summed E-state index contributed by atoms with van der Waals surface area (Å²) in [4.78, 5) is 3.98. The van der Waals surface area contributed by atoms with Gasteiger partial charge in [0.1, 0.15) is 5.15 Å². The van der Waals surface area contributed by atoms with E-state index >= 15 is 0 Å². The third kappa shape index (κ3) is 2.47. The molecule has 0 aliphatic carbocycles. The van der Waals surface area contributed by atoms with Gasteiger partial charge in [-0.25, -0.2) is 4.98 Å². The molecule has 2 N–H and O–H groups in total. The molecule has 0 fully saturated rings. The summed E-state index contributed by atoms with van der Waals surface area (Å²) >= 11 is 5.86. The van der Waals surface area contributed by atoms with Crippen LogP contribution in [0.5, 0.6) is 0 Å². The fourth-order valence-corrected chi connectivity index (χ4v) is 1.19. The second-order valence-electron chi connectivity index (χ2n) is 2.83. The smallest absolute Gasteiger partial charge is 0.132 e. The van der Waals surface area contributed by atoms with Crippen LogP contribution in [0.3, 0.4) is 0 Å². The first kappa shape index (κ1) is 9.49. The van der Waals surface area contributed by atoms with Gasteiger partial charge in [0.25, 0.3) is 0 Å². The van der Waals surface area contributed by atoms with E-state index in [1.165, 1.54) is 0 Å². The standard InChI is InChI=1S/C9H13ClN2/c1-2-8(11)6-7-4-3-5-12-9(7)10/h3-5,8H,2,6,11H2,1H3. The normalized spacial score (nSPS) is 12.9. The zero-order valence-corrected chi connectivity index (χ0v) is 7.88. The van der Waals surface area contributed by atoms with Gasteiger partial charge in [-0.1, -0.05) is 24.6 Å². The first-order valence-corrected chi connectivity index (χ1v) is 4.46. The van der Waals surface area contributed by atoms with Gasteiger partial charge < -0.3 is 5.73 Å². The van der Waals surface area contributed by atoms with E-state index in [-0.39, 0.29) is 6.04 Å². The van der Waals surface area contributed by atoms with Crippen LogP contribution in [-0.4, -0.2) is 11.0 Å². The van der Waals surface area contributed by atoms with Crippen molar-refractivity contribution in [1.29, 1.82) is 0 Å². The van der Waals surface area contributed by atoms with Crippen molar-refractivity contribution in [2.45, 2.75) is 25.8 Å². The molecular formula is C9H13ClN2. The zero-order valence-electron chi connectivity index (χ0n) is 7.13. The number of aromatic nitrogens is 1. The Kier molecular flexibility index (Phi) is 3.50. The van der Waals surface area contributed by atoms with Gasteiger partial charge in [0.15, 0.2) is 0 Å². The molecule has 1 aromatic heterocycles. The van der Waals surface area contributed by atoms with Crippen LogP contribution in [0.25, 0.3) is 0 Å². The molecule has 2 nitrogen and oxygen atoms in total. The largest absolute Gasteiger partial charge is 0.327 e. The van der Waals surface area contributed by atoms with Crippen molar-refractivity contribution in [2.75, 3.05) is 0 Å². The van der Waals surface area contributed by atoms with E-state index in [0.29, 0.717) is 5.15 Å². The maximum Gasteiger partial charge on any atom is 0.132 e. The molecule has 1 aromatic rings. The van der Waals surface area contributed by atoms with Crippen LogP contribution in [0.4, 0.5) is 0 Å². The molecule has 1 rings (SSSR count). The Morgan fingerprint density at radius 1 is 1.67 bits per heavy atom. The van der Waals surface area contributed by atoms with Crippen molar-refractivity contribution in [1.82, 2.24) is 4.98 Å². The summed E-state index contributed by atoms with van der Waals surface area (Å²) in [5.41, 5.74) is 6.82. The van der Waals surface area contributed by atoms with Crippen molar-refractivity contribution in [3.05, 3.63) is 29.0 Å². The molecule has 0 spiro atoms. The Hall–Kier alpha value is -0.600. The van der Waals surface area contributed by atoms with Crippen LogP contribution in [-0.2, 0) is 6.42 Å². The molecule has 12 heavy (non-hydrogen) atoms. The molecule has 1 atom stereocenters. The lowest BCUT2D eigenvalue weighted by Crippen LogP contribution is -2.21. The van der Waals surface area contributed by atoms with Crippen molar-refractivity contribution < 1.29 is 0 Å². The van der Waals surface area contributed by atoms with Crippen molar-refractivity contribution in [2.24, 2.45) is 5.73 Å². The van der Waals surface area contributed by atoms with E-state index in [1.54, 1.807) is 6.20 Å². The topological polar surface area (TPSA) is 38.9 Å². The van der Waals surface area contributed by atoms with Crippen LogP contribution in [0.15, 0.2) is 18.3 Å². The van der Waals surface area contributed by atoms with Crippen LogP contribution < -0.4 is 5.73 Å². The molecule has 1 heterocycles. The summed E-state index contributed by atoms with van der Waals surface area (Å²) in [5.74, 6) is 0. The first-order chi connectivity index (χ1) is 5.74. The second kappa shape index (κ2) is 4.43. The van der Waals surface area contributed by atoms with Crippen molar-refractivity contribution >= 4 is 11.6 Å². The SMILES string of the molecule is CCC(N)Cc1cccnc1Cl. The maximum atomic E-state index is 5.86. The number of nitrogens with two attached hydrogens (primary N) is 1. The minimum Gasteiger partial charge on any atom is -0.327 e. The first-order valence-electron chi connectivity index (χ1n) is 4.09. The Morgan fingerprint density at radius 3 is 3.00 bits per heavy atom. The maximum absolute atomic E-state index is 5.86. The van der Waals surface area contributed by atoms with Gasteiger partial charge in [-0.2, -0.15) is 0 Å². The molecule has 0 saturated heterocycles. The highest BCUT2D eigenvalue weighted by atomic mass is 35.5. The van der Waals surface area contributed by atoms with Gasteiger partial charge in [0.05, 0.1) is 0 Å². The summed E-state index contributed by atoms with van der Waals surface area (Å²) < 4.78 is 0. The Morgan fingerprint density at radius 2 is 2.42 bits per heavy atom. The zero-order chi connectivity index (χ0) is 8.97. The molecule has 66 valence electrons. The van der Waals surface area contributed by atoms with Crippen LogP contribution in [0.2, 0.25) is 5.15 Å². The molecule has 0 aromatic carbocycles. The van der Waals surface area contributed by atoms with Gasteiger partial charge in [0, 0.05) is 12.2 Å². The molecule has 0 aliphatic rings. The van der Waals surface area contributed by atoms with Crippen LogP contribution in [0, 0.1) is 0 Å². The lowest BCUT2D eigenvalue weighted by Gasteiger charge is -2.08. The third-order valence-corrected chi connectivity index (χ3v) is 2.18. The minimum atomic E-state index is 0.187. The highest BCUT2D eigenvalue weighted by Crippen LogP contribution is 2.13. The van der Waals surface area contributed by atoms with Crippen molar-refractivity contribution in [3.63, 3.8) is 0 Å². The van der Waals surface area contributed by atoms with E-state index < -0.39 is 0 Å². The molecule has 0 bridgehead atoms. The van der Waals surface area contributed by atoms with Gasteiger partial charge >= 0.3 is 0 Å². The van der Waals surface area contributed by atoms with Gasteiger partial charge in [-0.15, -0.1) is 0 Å². The summed E-state index contributed by atoms with van der Waals surface area (Å²) in [6.07, 6.45) is 3.46.